The van der Waals surface area contributed by atoms with Gasteiger partial charge in [-0.1, -0.05) is 24.3 Å². The fraction of sp³-hybridized carbons (Fsp3) is 0. The summed E-state index contributed by atoms with van der Waals surface area (Å²) in [5.74, 6) is 0. The molecule has 20 heavy (non-hydrogen) atoms. The minimum Gasteiger partial charge on any atom is -0.143 e. The van der Waals surface area contributed by atoms with E-state index in [-0.39, 0.29) is 0 Å². The maximum absolute atomic E-state index is 2.32. The average molecular weight is 288 g/mol. The van der Waals surface area contributed by atoms with Crippen LogP contribution in [-0.4, -0.2) is 0 Å². The fourth-order valence-electron chi connectivity index (χ4n) is 3.78. The van der Waals surface area contributed by atoms with E-state index >= 15 is 0 Å². The topological polar surface area (TPSA) is 0 Å². The molecule has 2 aromatic heterocycles. The maximum Gasteiger partial charge on any atom is 0.0427 e. The van der Waals surface area contributed by atoms with Crippen molar-refractivity contribution in [1.82, 2.24) is 0 Å². The highest BCUT2D eigenvalue weighted by atomic mass is 32.1. The number of benzene rings is 2. The first kappa shape index (κ1) is 9.92. The zero-order chi connectivity index (χ0) is 12.8. The first-order valence-electron chi connectivity index (χ1n) is 6.70. The lowest BCUT2D eigenvalue weighted by atomic mass is 9.98. The molecule has 0 radical (unpaired) electrons. The summed E-state index contributed by atoms with van der Waals surface area (Å²) in [5.41, 5.74) is 8.55. The summed E-state index contributed by atoms with van der Waals surface area (Å²) in [5, 5.41) is 7.37. The minimum absolute atomic E-state index is 1.42. The lowest BCUT2D eigenvalue weighted by Crippen LogP contribution is -1.79. The molecule has 4 aromatic rings. The SMILES string of the molecule is c1cc2c(s1)-c1ccc3c4c(ccc-2c14)-c1sccc1-3. The van der Waals surface area contributed by atoms with Crippen LogP contribution in [0.4, 0.5) is 0 Å². The normalized spacial score (nSPS) is 13.0. The predicted octanol–water partition coefficient (Wildman–Crippen LogP) is 6.26. The lowest BCUT2D eigenvalue weighted by molar-refractivity contribution is 1.80. The van der Waals surface area contributed by atoms with E-state index in [1.165, 1.54) is 53.9 Å². The number of thiophene rings is 2. The third-order valence-electron chi connectivity index (χ3n) is 4.56. The fourth-order valence-corrected chi connectivity index (χ4v) is 5.67. The molecule has 0 saturated carbocycles. The van der Waals surface area contributed by atoms with Gasteiger partial charge in [0.1, 0.15) is 0 Å². The molecule has 2 aliphatic carbocycles. The van der Waals surface area contributed by atoms with Crippen LogP contribution < -0.4 is 0 Å². The summed E-state index contributed by atoms with van der Waals surface area (Å²) < 4.78 is 0. The second-order valence-corrected chi connectivity index (χ2v) is 7.23. The van der Waals surface area contributed by atoms with Gasteiger partial charge in [0, 0.05) is 32.0 Å². The van der Waals surface area contributed by atoms with Crippen LogP contribution in [0.25, 0.3) is 53.9 Å². The molecule has 2 heterocycles. The second-order valence-electron chi connectivity index (χ2n) is 5.40. The highest BCUT2D eigenvalue weighted by Gasteiger charge is 2.29. The Hall–Kier alpha value is -1.90. The molecule has 2 heteroatoms. The Kier molecular flexibility index (Phi) is 1.51. The van der Waals surface area contributed by atoms with E-state index < -0.39 is 0 Å². The van der Waals surface area contributed by atoms with E-state index in [1.54, 1.807) is 0 Å². The first-order chi connectivity index (χ1) is 9.93. The smallest absolute Gasteiger partial charge is 0.0427 e. The zero-order valence-corrected chi connectivity index (χ0v) is 12.1. The van der Waals surface area contributed by atoms with E-state index in [9.17, 15) is 0 Å². The Morgan fingerprint density at radius 2 is 0.900 bits per heavy atom. The van der Waals surface area contributed by atoms with Gasteiger partial charge in [0.15, 0.2) is 0 Å². The molecule has 0 unspecified atom stereocenters. The van der Waals surface area contributed by atoms with E-state index in [0.717, 1.165) is 0 Å². The van der Waals surface area contributed by atoms with Crippen LogP contribution in [-0.2, 0) is 0 Å². The molecule has 2 aromatic carbocycles. The molecule has 0 bridgehead atoms. The Morgan fingerprint density at radius 1 is 0.450 bits per heavy atom. The molecule has 0 fully saturated rings. The van der Waals surface area contributed by atoms with E-state index in [0.29, 0.717) is 0 Å². The van der Waals surface area contributed by atoms with Crippen LogP contribution in [0.1, 0.15) is 0 Å². The minimum atomic E-state index is 1.42. The van der Waals surface area contributed by atoms with Crippen molar-refractivity contribution in [3.8, 4) is 43.1 Å². The summed E-state index contributed by atoms with van der Waals surface area (Å²) in [7, 11) is 0. The highest BCUT2D eigenvalue weighted by molar-refractivity contribution is 7.15. The first-order valence-corrected chi connectivity index (χ1v) is 8.45. The van der Waals surface area contributed by atoms with Gasteiger partial charge < -0.3 is 0 Å². The molecule has 0 atom stereocenters. The molecular formula is C18H8S2. The van der Waals surface area contributed by atoms with Crippen LogP contribution >= 0.6 is 22.7 Å². The monoisotopic (exact) mass is 288 g/mol. The molecule has 0 aliphatic heterocycles. The van der Waals surface area contributed by atoms with Gasteiger partial charge in [-0.05, 0) is 44.8 Å². The molecule has 0 saturated heterocycles. The van der Waals surface area contributed by atoms with Crippen molar-refractivity contribution in [1.29, 1.82) is 0 Å². The summed E-state index contributed by atoms with van der Waals surface area (Å²) in [6, 6.07) is 13.8. The van der Waals surface area contributed by atoms with Crippen LogP contribution in [0.2, 0.25) is 0 Å². The third-order valence-corrected chi connectivity index (χ3v) is 6.46. The average Bonchev–Trinajstić information content (AvgIpc) is 3.18. The maximum atomic E-state index is 2.32. The molecule has 0 amide bonds. The Labute approximate surface area is 123 Å². The van der Waals surface area contributed by atoms with Crippen LogP contribution in [0.5, 0.6) is 0 Å². The summed E-state index contributed by atoms with van der Waals surface area (Å²) in [6.45, 7) is 0. The predicted molar refractivity (Wildman–Crippen MR) is 88.6 cm³/mol. The highest BCUT2D eigenvalue weighted by Crippen LogP contribution is 2.57. The van der Waals surface area contributed by atoms with Gasteiger partial charge in [-0.15, -0.1) is 22.7 Å². The van der Waals surface area contributed by atoms with Gasteiger partial charge in [-0.2, -0.15) is 0 Å². The number of hydrogen-bond acceptors (Lipinski definition) is 2. The lowest BCUT2D eigenvalue weighted by Gasteiger charge is -2.06. The van der Waals surface area contributed by atoms with Crippen molar-refractivity contribution in [3.05, 3.63) is 47.2 Å². The third kappa shape index (κ3) is 0.893. The van der Waals surface area contributed by atoms with Gasteiger partial charge in [0.05, 0.1) is 0 Å². The molecule has 0 spiro atoms. The van der Waals surface area contributed by atoms with Gasteiger partial charge in [-0.3, -0.25) is 0 Å². The second kappa shape index (κ2) is 3.05. The van der Waals surface area contributed by atoms with Crippen molar-refractivity contribution < 1.29 is 0 Å². The summed E-state index contributed by atoms with van der Waals surface area (Å²) >= 11 is 3.72. The van der Waals surface area contributed by atoms with Crippen molar-refractivity contribution in [2.45, 2.75) is 0 Å². The number of rotatable bonds is 0. The van der Waals surface area contributed by atoms with Gasteiger partial charge >= 0.3 is 0 Å². The Bertz CT molecular complexity index is 886. The van der Waals surface area contributed by atoms with Gasteiger partial charge in [0.25, 0.3) is 0 Å². The quantitative estimate of drug-likeness (QED) is 0.309. The van der Waals surface area contributed by atoms with Crippen molar-refractivity contribution in [3.63, 3.8) is 0 Å². The standard InChI is InChI=1S/C18H8S2/c1-3-13-16-10(12-6-8-20-18(12)13)2-4-14-15(16)9(1)11-5-7-19-17(11)14/h1-8H. The van der Waals surface area contributed by atoms with Crippen LogP contribution in [0.15, 0.2) is 47.2 Å². The molecule has 6 rings (SSSR count). The number of fused-ring (bicyclic) bond motifs is 6. The molecule has 2 aliphatic rings. The largest absolute Gasteiger partial charge is 0.143 e. The Balaban J connectivity index is 1.93. The van der Waals surface area contributed by atoms with E-state index in [2.05, 4.69) is 47.2 Å². The molecular weight excluding hydrogens is 280 g/mol. The van der Waals surface area contributed by atoms with Crippen molar-refractivity contribution in [2.75, 3.05) is 0 Å². The van der Waals surface area contributed by atoms with Crippen molar-refractivity contribution in [2.24, 2.45) is 0 Å². The molecule has 0 N–H and O–H groups in total. The summed E-state index contributed by atoms with van der Waals surface area (Å²) in [4.78, 5) is 2.89. The van der Waals surface area contributed by atoms with Crippen molar-refractivity contribution >= 4 is 33.4 Å². The van der Waals surface area contributed by atoms with Gasteiger partial charge in [0.2, 0.25) is 0 Å². The Morgan fingerprint density at radius 3 is 1.40 bits per heavy atom. The van der Waals surface area contributed by atoms with E-state index in [4.69, 9.17) is 0 Å². The molecule has 0 nitrogen and oxygen atoms in total. The van der Waals surface area contributed by atoms with E-state index in [1.807, 2.05) is 22.7 Å². The van der Waals surface area contributed by atoms with Crippen LogP contribution in [0.3, 0.4) is 0 Å². The van der Waals surface area contributed by atoms with Gasteiger partial charge in [-0.25, -0.2) is 0 Å². The zero-order valence-electron chi connectivity index (χ0n) is 10.4. The number of hydrogen-bond donors (Lipinski definition) is 0. The summed E-state index contributed by atoms with van der Waals surface area (Å²) in [6.07, 6.45) is 0. The van der Waals surface area contributed by atoms with Crippen LogP contribution in [0, 0.1) is 0 Å². The molecule has 92 valence electrons.